The zero-order valence-corrected chi connectivity index (χ0v) is 10.4. The molecule has 1 aromatic rings. The molecule has 1 heterocycles. The summed E-state index contributed by atoms with van der Waals surface area (Å²) in [6.07, 6.45) is 5.11. The maximum Gasteiger partial charge on any atom is 0.305 e. The quantitative estimate of drug-likeness (QED) is 0.874. The molecule has 1 aromatic heterocycles. The molecule has 1 fully saturated rings. The third-order valence-electron chi connectivity index (χ3n) is 3.19. The van der Waals surface area contributed by atoms with Crippen molar-refractivity contribution in [1.29, 1.82) is 0 Å². The number of hydrogen-bond donors (Lipinski definition) is 2. The highest BCUT2D eigenvalue weighted by Crippen LogP contribution is 2.35. The van der Waals surface area contributed by atoms with Crippen LogP contribution in [0.3, 0.4) is 0 Å². The van der Waals surface area contributed by atoms with Crippen molar-refractivity contribution in [2.45, 2.75) is 31.2 Å². The predicted octanol–water partition coefficient (Wildman–Crippen LogP) is 1.86. The molecular weight excluding hydrogens is 256 g/mol. The molecule has 1 saturated carbocycles. The fraction of sp³-hybridized carbons (Fsp3) is 0.417. The lowest BCUT2D eigenvalue weighted by Gasteiger charge is -2.41. The molecule has 0 aliphatic heterocycles. The summed E-state index contributed by atoms with van der Waals surface area (Å²) in [7, 11) is 0. The molecular formula is C12H13ClN2O3. The first-order valence-electron chi connectivity index (χ1n) is 5.66. The van der Waals surface area contributed by atoms with Gasteiger partial charge in [0, 0.05) is 12.4 Å². The van der Waals surface area contributed by atoms with Crippen LogP contribution in [0, 0.1) is 0 Å². The summed E-state index contributed by atoms with van der Waals surface area (Å²) in [6.45, 7) is 0. The maximum absolute atomic E-state index is 12.0. The van der Waals surface area contributed by atoms with Crippen LogP contribution in [0.25, 0.3) is 0 Å². The Bertz CT molecular complexity index is 486. The van der Waals surface area contributed by atoms with Crippen LogP contribution in [-0.4, -0.2) is 27.5 Å². The molecule has 6 heteroatoms. The van der Waals surface area contributed by atoms with Crippen LogP contribution in [0.15, 0.2) is 18.5 Å². The molecule has 0 unspecified atom stereocenters. The zero-order chi connectivity index (χ0) is 13.2. The number of hydrogen-bond acceptors (Lipinski definition) is 3. The molecule has 96 valence electrons. The number of carbonyl (C=O) groups excluding carboxylic acids is 1. The molecule has 0 saturated heterocycles. The highest BCUT2D eigenvalue weighted by atomic mass is 35.5. The Hall–Kier alpha value is -1.62. The second-order valence-electron chi connectivity index (χ2n) is 4.51. The van der Waals surface area contributed by atoms with Gasteiger partial charge in [-0.2, -0.15) is 0 Å². The molecule has 0 spiro atoms. The second-order valence-corrected chi connectivity index (χ2v) is 4.92. The SMILES string of the molecule is O=C(O)CC1(NC(=O)c2cnccc2Cl)CCC1. The van der Waals surface area contributed by atoms with Gasteiger partial charge in [0.15, 0.2) is 0 Å². The number of nitrogens with one attached hydrogen (secondary N) is 1. The van der Waals surface area contributed by atoms with Crippen LogP contribution in [0.4, 0.5) is 0 Å². The van der Waals surface area contributed by atoms with Crippen molar-refractivity contribution in [3.05, 3.63) is 29.0 Å². The fourth-order valence-electron chi connectivity index (χ4n) is 2.09. The molecule has 2 rings (SSSR count). The van der Waals surface area contributed by atoms with Gasteiger partial charge >= 0.3 is 5.97 Å². The van der Waals surface area contributed by atoms with Crippen molar-refractivity contribution >= 4 is 23.5 Å². The van der Waals surface area contributed by atoms with Crippen LogP contribution in [0.5, 0.6) is 0 Å². The van der Waals surface area contributed by atoms with Crippen molar-refractivity contribution in [2.75, 3.05) is 0 Å². The van der Waals surface area contributed by atoms with Crippen LogP contribution in [-0.2, 0) is 4.79 Å². The number of rotatable bonds is 4. The van der Waals surface area contributed by atoms with E-state index in [4.69, 9.17) is 16.7 Å². The van der Waals surface area contributed by atoms with Gasteiger partial charge in [-0.05, 0) is 25.3 Å². The standard InChI is InChI=1S/C12H13ClN2O3/c13-9-2-5-14-7-8(9)11(18)15-12(3-1-4-12)6-10(16)17/h2,5,7H,1,3-4,6H2,(H,15,18)(H,16,17). The molecule has 1 amide bonds. The smallest absolute Gasteiger partial charge is 0.305 e. The average molecular weight is 269 g/mol. The Morgan fingerprint density at radius 3 is 2.72 bits per heavy atom. The van der Waals surface area contributed by atoms with Crippen LogP contribution >= 0.6 is 11.6 Å². The van der Waals surface area contributed by atoms with E-state index in [2.05, 4.69) is 10.3 Å². The number of halogens is 1. The number of amides is 1. The predicted molar refractivity (Wildman–Crippen MR) is 65.5 cm³/mol. The minimum absolute atomic E-state index is 0.0589. The third kappa shape index (κ3) is 2.61. The van der Waals surface area contributed by atoms with Crippen LogP contribution in [0.2, 0.25) is 5.02 Å². The minimum atomic E-state index is -0.910. The molecule has 18 heavy (non-hydrogen) atoms. The lowest BCUT2D eigenvalue weighted by Crippen LogP contribution is -2.54. The van der Waals surface area contributed by atoms with E-state index in [0.29, 0.717) is 17.9 Å². The topological polar surface area (TPSA) is 79.3 Å². The van der Waals surface area contributed by atoms with Gasteiger partial charge in [0.05, 0.1) is 22.5 Å². The van der Waals surface area contributed by atoms with Crippen molar-refractivity contribution in [2.24, 2.45) is 0 Å². The van der Waals surface area contributed by atoms with E-state index >= 15 is 0 Å². The monoisotopic (exact) mass is 268 g/mol. The van der Waals surface area contributed by atoms with Crippen molar-refractivity contribution in [1.82, 2.24) is 10.3 Å². The first kappa shape index (κ1) is 12.8. The van der Waals surface area contributed by atoms with Gasteiger partial charge < -0.3 is 10.4 Å². The Balaban J connectivity index is 2.11. The van der Waals surface area contributed by atoms with Crippen molar-refractivity contribution in [3.63, 3.8) is 0 Å². The summed E-state index contributed by atoms with van der Waals surface area (Å²) in [4.78, 5) is 26.7. The maximum atomic E-state index is 12.0. The first-order chi connectivity index (χ1) is 8.52. The molecule has 0 radical (unpaired) electrons. The highest BCUT2D eigenvalue weighted by molar-refractivity contribution is 6.33. The van der Waals surface area contributed by atoms with Crippen LogP contribution < -0.4 is 5.32 Å². The van der Waals surface area contributed by atoms with Gasteiger partial charge in [0.2, 0.25) is 0 Å². The first-order valence-corrected chi connectivity index (χ1v) is 6.04. The summed E-state index contributed by atoms with van der Waals surface area (Å²) in [5, 5.41) is 11.9. The third-order valence-corrected chi connectivity index (χ3v) is 3.52. The number of aromatic nitrogens is 1. The Labute approximate surface area is 109 Å². The van der Waals surface area contributed by atoms with Gasteiger partial charge in [-0.15, -0.1) is 0 Å². The van der Waals surface area contributed by atoms with Gasteiger partial charge in [0.1, 0.15) is 0 Å². The molecule has 1 aliphatic rings. The van der Waals surface area contributed by atoms with Crippen molar-refractivity contribution < 1.29 is 14.7 Å². The highest BCUT2D eigenvalue weighted by Gasteiger charge is 2.40. The van der Waals surface area contributed by atoms with Gasteiger partial charge in [0.25, 0.3) is 5.91 Å². The molecule has 0 bridgehead atoms. The Kier molecular flexibility index (Phi) is 3.52. The lowest BCUT2D eigenvalue weighted by molar-refractivity contribution is -0.139. The summed E-state index contributed by atoms with van der Waals surface area (Å²) in [6, 6.07) is 1.53. The van der Waals surface area contributed by atoms with Gasteiger partial charge in [-0.25, -0.2) is 0 Å². The van der Waals surface area contributed by atoms with E-state index in [-0.39, 0.29) is 17.9 Å². The number of nitrogens with zero attached hydrogens (tertiary/aromatic N) is 1. The molecule has 0 aromatic carbocycles. The number of carboxylic acids is 1. The van der Waals surface area contributed by atoms with Gasteiger partial charge in [-0.1, -0.05) is 11.6 Å². The Morgan fingerprint density at radius 2 is 2.22 bits per heavy atom. The summed E-state index contributed by atoms with van der Waals surface area (Å²) >= 11 is 5.90. The summed E-state index contributed by atoms with van der Waals surface area (Å²) < 4.78 is 0. The van der Waals surface area contributed by atoms with E-state index < -0.39 is 11.5 Å². The molecule has 2 N–H and O–H groups in total. The number of pyridine rings is 1. The van der Waals surface area contributed by atoms with E-state index in [1.807, 2.05) is 0 Å². The zero-order valence-electron chi connectivity index (χ0n) is 9.65. The fourth-order valence-corrected chi connectivity index (χ4v) is 2.28. The van der Waals surface area contributed by atoms with E-state index in [9.17, 15) is 9.59 Å². The normalized spacial score (nSPS) is 16.7. The largest absolute Gasteiger partial charge is 0.481 e. The second kappa shape index (κ2) is 4.94. The minimum Gasteiger partial charge on any atom is -0.481 e. The summed E-state index contributed by atoms with van der Waals surface area (Å²) in [5.41, 5.74) is -0.349. The van der Waals surface area contributed by atoms with Crippen LogP contribution in [0.1, 0.15) is 36.0 Å². The molecule has 0 atom stereocenters. The van der Waals surface area contributed by atoms with Crippen molar-refractivity contribution in [3.8, 4) is 0 Å². The number of carboxylic acid groups (broad SMARTS) is 1. The summed E-state index contributed by atoms with van der Waals surface area (Å²) in [5.74, 6) is -1.28. The molecule has 5 nitrogen and oxygen atoms in total. The number of carbonyl (C=O) groups is 2. The Morgan fingerprint density at radius 1 is 1.50 bits per heavy atom. The number of aliphatic carboxylic acids is 1. The van der Waals surface area contributed by atoms with E-state index in [1.165, 1.54) is 18.5 Å². The lowest BCUT2D eigenvalue weighted by atomic mass is 9.74. The van der Waals surface area contributed by atoms with Gasteiger partial charge in [-0.3, -0.25) is 14.6 Å². The van der Waals surface area contributed by atoms with E-state index in [1.54, 1.807) is 0 Å². The molecule has 1 aliphatic carbocycles. The average Bonchev–Trinajstić information content (AvgIpc) is 2.25. The van der Waals surface area contributed by atoms with E-state index in [0.717, 1.165) is 6.42 Å².